The molecular weight excluding hydrogens is 424 g/mol. The molecule has 1 saturated heterocycles. The molecule has 7 nitrogen and oxygen atoms in total. The zero-order valence-corrected chi connectivity index (χ0v) is 19.1. The molecule has 2 aromatic rings. The Labute approximate surface area is 194 Å². The third kappa shape index (κ3) is 5.40. The van der Waals surface area contributed by atoms with E-state index in [0.29, 0.717) is 12.0 Å². The molecule has 2 aromatic carbocycles. The molecule has 2 aliphatic rings. The molecule has 33 heavy (non-hydrogen) atoms. The van der Waals surface area contributed by atoms with Crippen LogP contribution in [0.5, 0.6) is 5.75 Å². The van der Waals surface area contributed by atoms with Crippen LogP contribution < -0.4 is 4.74 Å². The number of benzene rings is 2. The van der Waals surface area contributed by atoms with Gasteiger partial charge in [0.25, 0.3) is 0 Å². The maximum absolute atomic E-state index is 10.5. The average molecular weight is 459 g/mol. The molecular formula is C26H34O7. The van der Waals surface area contributed by atoms with Gasteiger partial charge in [0.05, 0.1) is 12.7 Å². The number of aryl methyl sites for hydroxylation is 1. The van der Waals surface area contributed by atoms with Crippen LogP contribution in [-0.2, 0) is 15.9 Å². The maximum Gasteiger partial charge on any atom is 0.119 e. The van der Waals surface area contributed by atoms with Crippen molar-refractivity contribution in [1.82, 2.24) is 0 Å². The Kier molecular flexibility index (Phi) is 7.69. The van der Waals surface area contributed by atoms with Gasteiger partial charge in [0.15, 0.2) is 0 Å². The molecule has 1 aliphatic carbocycles. The lowest BCUT2D eigenvalue weighted by Crippen LogP contribution is -2.55. The number of methoxy groups -OCH3 is 1. The first-order valence-electron chi connectivity index (χ1n) is 11.6. The highest BCUT2D eigenvalue weighted by Crippen LogP contribution is 2.34. The maximum atomic E-state index is 10.5. The molecule has 4 N–H and O–H groups in total. The van der Waals surface area contributed by atoms with Crippen LogP contribution in [0.3, 0.4) is 0 Å². The lowest BCUT2D eigenvalue weighted by Gasteiger charge is -2.40. The van der Waals surface area contributed by atoms with Crippen LogP contribution in [0.15, 0.2) is 42.5 Å². The molecule has 7 atom stereocenters. The number of hydrogen-bond donors (Lipinski definition) is 4. The van der Waals surface area contributed by atoms with E-state index in [1.54, 1.807) is 7.11 Å². The summed E-state index contributed by atoms with van der Waals surface area (Å²) in [5.41, 5.74) is 3.98. The van der Waals surface area contributed by atoms with Gasteiger partial charge in [-0.25, -0.2) is 0 Å². The van der Waals surface area contributed by atoms with Crippen molar-refractivity contribution in [2.24, 2.45) is 0 Å². The van der Waals surface area contributed by atoms with Gasteiger partial charge in [0.2, 0.25) is 0 Å². The molecule has 0 radical (unpaired) electrons. The third-order valence-corrected chi connectivity index (χ3v) is 6.88. The summed E-state index contributed by atoms with van der Waals surface area (Å²) >= 11 is 0. The molecule has 180 valence electrons. The standard InChI is InChI=1S/C26H34O7/c1-15-3-6-17(26-25(30)24(29)23(28)22(14-27)33-26)12-18(15)11-16-4-7-19(8-5-16)32-21-10-9-20(13-21)31-2/h3-8,12,20-30H,9-11,13-14H2,1-2H3/t20?,21-,22-,23-,24+,25-,26+/m1/s1. The topological polar surface area (TPSA) is 109 Å². The van der Waals surface area contributed by atoms with Gasteiger partial charge < -0.3 is 34.6 Å². The molecule has 0 amide bonds. The predicted molar refractivity (Wildman–Crippen MR) is 122 cm³/mol. The van der Waals surface area contributed by atoms with Crippen LogP contribution in [0.25, 0.3) is 0 Å². The van der Waals surface area contributed by atoms with Crippen LogP contribution in [-0.4, -0.2) is 70.8 Å². The first-order valence-corrected chi connectivity index (χ1v) is 11.6. The van der Waals surface area contributed by atoms with Gasteiger partial charge in [-0.05, 0) is 60.6 Å². The fourth-order valence-corrected chi connectivity index (χ4v) is 4.76. The first-order chi connectivity index (χ1) is 15.9. The first kappa shape index (κ1) is 24.1. The highest BCUT2D eigenvalue weighted by atomic mass is 16.5. The number of aliphatic hydroxyl groups excluding tert-OH is 4. The van der Waals surface area contributed by atoms with Gasteiger partial charge in [0, 0.05) is 13.5 Å². The van der Waals surface area contributed by atoms with E-state index in [2.05, 4.69) is 12.1 Å². The second kappa shape index (κ2) is 10.5. The van der Waals surface area contributed by atoms with E-state index in [9.17, 15) is 20.4 Å². The van der Waals surface area contributed by atoms with E-state index in [0.717, 1.165) is 41.7 Å². The van der Waals surface area contributed by atoms with E-state index in [1.807, 2.05) is 37.3 Å². The van der Waals surface area contributed by atoms with Crippen LogP contribution in [0.2, 0.25) is 0 Å². The Morgan fingerprint density at radius 2 is 1.67 bits per heavy atom. The van der Waals surface area contributed by atoms with Gasteiger partial charge in [0.1, 0.15) is 42.4 Å². The normalized spacial score (nSPS) is 32.1. The molecule has 2 fully saturated rings. The lowest BCUT2D eigenvalue weighted by atomic mass is 9.89. The van der Waals surface area contributed by atoms with Crippen molar-refractivity contribution in [2.45, 2.75) is 75.3 Å². The van der Waals surface area contributed by atoms with Crippen molar-refractivity contribution in [1.29, 1.82) is 0 Å². The van der Waals surface area contributed by atoms with Crippen LogP contribution >= 0.6 is 0 Å². The fourth-order valence-electron chi connectivity index (χ4n) is 4.76. The summed E-state index contributed by atoms with van der Waals surface area (Å²) in [4.78, 5) is 0. The van der Waals surface area contributed by atoms with Crippen molar-refractivity contribution in [3.05, 3.63) is 64.7 Å². The minimum Gasteiger partial charge on any atom is -0.490 e. The van der Waals surface area contributed by atoms with Crippen molar-refractivity contribution < 1.29 is 34.6 Å². The summed E-state index contributed by atoms with van der Waals surface area (Å²) in [5, 5.41) is 40.1. The zero-order chi connectivity index (χ0) is 23.5. The fraction of sp³-hybridized carbons (Fsp3) is 0.538. The summed E-state index contributed by atoms with van der Waals surface area (Å²) in [6.07, 6.45) is -1.69. The van der Waals surface area contributed by atoms with E-state index in [4.69, 9.17) is 14.2 Å². The van der Waals surface area contributed by atoms with Crippen LogP contribution in [0.4, 0.5) is 0 Å². The molecule has 4 rings (SSSR count). The monoisotopic (exact) mass is 458 g/mol. The van der Waals surface area contributed by atoms with Gasteiger partial charge >= 0.3 is 0 Å². The number of hydrogen-bond acceptors (Lipinski definition) is 7. The van der Waals surface area contributed by atoms with E-state index < -0.39 is 37.1 Å². The number of aliphatic hydroxyl groups is 4. The van der Waals surface area contributed by atoms with E-state index in [-0.39, 0.29) is 12.2 Å². The van der Waals surface area contributed by atoms with Crippen molar-refractivity contribution in [3.8, 4) is 5.75 Å². The molecule has 0 bridgehead atoms. The average Bonchev–Trinajstić information content (AvgIpc) is 3.28. The minimum atomic E-state index is -1.39. The second-order valence-electron chi connectivity index (χ2n) is 9.17. The van der Waals surface area contributed by atoms with E-state index >= 15 is 0 Å². The summed E-state index contributed by atoms with van der Waals surface area (Å²) in [5.74, 6) is 0.854. The highest BCUT2D eigenvalue weighted by Gasteiger charge is 2.44. The Bertz CT molecular complexity index is 913. The molecule has 0 spiro atoms. The van der Waals surface area contributed by atoms with Gasteiger partial charge in [-0.15, -0.1) is 0 Å². The highest BCUT2D eigenvalue weighted by molar-refractivity contribution is 5.38. The SMILES string of the molecule is COC1CC[C@@H](Oc2ccc(Cc3cc([C@@H]4O[C@H](CO)[C@@H](O)[C@H](O)[C@H]4O)ccc3C)cc2)C1. The van der Waals surface area contributed by atoms with Gasteiger partial charge in [-0.1, -0.05) is 30.3 Å². The molecule has 1 heterocycles. The number of rotatable bonds is 7. The summed E-state index contributed by atoms with van der Waals surface area (Å²) in [6.45, 7) is 1.58. The van der Waals surface area contributed by atoms with Crippen molar-refractivity contribution >= 4 is 0 Å². The lowest BCUT2D eigenvalue weighted by molar-refractivity contribution is -0.231. The van der Waals surface area contributed by atoms with Gasteiger partial charge in [-0.3, -0.25) is 0 Å². The molecule has 0 aromatic heterocycles. The molecule has 1 aliphatic heterocycles. The Morgan fingerprint density at radius 3 is 2.33 bits per heavy atom. The zero-order valence-electron chi connectivity index (χ0n) is 19.1. The number of ether oxygens (including phenoxy) is 3. The minimum absolute atomic E-state index is 0.193. The Balaban J connectivity index is 1.45. The second-order valence-corrected chi connectivity index (χ2v) is 9.17. The van der Waals surface area contributed by atoms with Crippen molar-refractivity contribution in [3.63, 3.8) is 0 Å². The predicted octanol–water partition coefficient (Wildman–Crippen LogP) is 2.05. The molecule has 1 saturated carbocycles. The van der Waals surface area contributed by atoms with Crippen molar-refractivity contribution in [2.75, 3.05) is 13.7 Å². The van der Waals surface area contributed by atoms with Gasteiger partial charge in [-0.2, -0.15) is 0 Å². The summed E-state index contributed by atoms with van der Waals surface area (Å²) in [7, 11) is 1.75. The third-order valence-electron chi connectivity index (χ3n) is 6.88. The van der Waals surface area contributed by atoms with Crippen LogP contribution in [0.1, 0.15) is 47.6 Å². The summed E-state index contributed by atoms with van der Waals surface area (Å²) in [6, 6.07) is 13.8. The van der Waals surface area contributed by atoms with E-state index in [1.165, 1.54) is 0 Å². The quantitative estimate of drug-likeness (QED) is 0.503. The molecule has 1 unspecified atom stereocenters. The Morgan fingerprint density at radius 1 is 0.939 bits per heavy atom. The molecule has 7 heteroatoms. The Hall–Kier alpha value is -2.00. The largest absolute Gasteiger partial charge is 0.490 e. The summed E-state index contributed by atoms with van der Waals surface area (Å²) < 4.78 is 17.2. The van der Waals surface area contributed by atoms with Crippen LogP contribution in [0, 0.1) is 6.92 Å². The smallest absolute Gasteiger partial charge is 0.119 e.